The van der Waals surface area contributed by atoms with Gasteiger partial charge in [0.2, 0.25) is 5.82 Å². The van der Waals surface area contributed by atoms with Crippen molar-refractivity contribution in [3.63, 3.8) is 0 Å². The number of fused-ring (bicyclic) bond motifs is 1. The zero-order valence-corrected chi connectivity index (χ0v) is 14.6. The number of rotatable bonds is 6. The number of halogens is 3. The second kappa shape index (κ2) is 7.31. The first kappa shape index (κ1) is 17.5. The van der Waals surface area contributed by atoms with Crippen LogP contribution >= 0.6 is 11.6 Å². The first-order chi connectivity index (χ1) is 11.9. The molecule has 0 radical (unpaired) electrons. The van der Waals surface area contributed by atoms with Gasteiger partial charge < -0.3 is 5.32 Å². The van der Waals surface area contributed by atoms with Crippen molar-refractivity contribution in [3.05, 3.63) is 52.8 Å². The molecule has 3 aromatic rings. The van der Waals surface area contributed by atoms with Crippen LogP contribution in [0, 0.1) is 5.92 Å². The van der Waals surface area contributed by atoms with E-state index in [9.17, 15) is 8.78 Å². The van der Waals surface area contributed by atoms with Gasteiger partial charge in [-0.1, -0.05) is 37.6 Å². The van der Waals surface area contributed by atoms with E-state index in [-0.39, 0.29) is 11.7 Å². The largest absolute Gasteiger partial charge is 0.362 e. The zero-order chi connectivity index (χ0) is 18.0. The lowest BCUT2D eigenvalue weighted by Crippen LogP contribution is -2.15. The van der Waals surface area contributed by atoms with Crippen LogP contribution in [0.15, 0.2) is 36.4 Å². The molecule has 1 atom stereocenters. The van der Waals surface area contributed by atoms with E-state index in [1.165, 1.54) is 0 Å². The van der Waals surface area contributed by atoms with E-state index in [0.717, 1.165) is 16.5 Å². The highest BCUT2D eigenvalue weighted by Gasteiger charge is 2.18. The molecule has 25 heavy (non-hydrogen) atoms. The number of anilines is 1. The van der Waals surface area contributed by atoms with Gasteiger partial charge in [0.25, 0.3) is 6.43 Å². The van der Waals surface area contributed by atoms with Crippen LogP contribution in [0.25, 0.3) is 5.65 Å². The average molecular weight is 366 g/mol. The monoisotopic (exact) mass is 365 g/mol. The quantitative estimate of drug-likeness (QED) is 0.674. The minimum atomic E-state index is -2.74. The number of benzene rings is 1. The summed E-state index contributed by atoms with van der Waals surface area (Å²) in [6.45, 7) is 4.24. The lowest BCUT2D eigenvalue weighted by molar-refractivity contribution is 0.137. The molecule has 0 saturated heterocycles. The lowest BCUT2D eigenvalue weighted by atomic mass is 9.97. The summed E-state index contributed by atoms with van der Waals surface area (Å²) >= 11 is 5.96. The topological polar surface area (TPSA) is 55.1 Å². The second-order valence-corrected chi connectivity index (χ2v) is 6.66. The van der Waals surface area contributed by atoms with E-state index in [2.05, 4.69) is 34.5 Å². The predicted octanol–water partition coefficient (Wildman–Crippen LogP) is 4.91. The van der Waals surface area contributed by atoms with Gasteiger partial charge in [-0.25, -0.2) is 8.78 Å². The van der Waals surface area contributed by atoms with Gasteiger partial charge in [-0.05, 0) is 42.2 Å². The summed E-state index contributed by atoms with van der Waals surface area (Å²) in [6, 6.07) is 10.9. The molecule has 0 aliphatic heterocycles. The molecule has 132 valence electrons. The molecule has 2 heterocycles. The van der Waals surface area contributed by atoms with Crippen molar-refractivity contribution in [2.45, 2.75) is 32.7 Å². The molecule has 0 bridgehead atoms. The molecule has 5 nitrogen and oxygen atoms in total. The Kier molecular flexibility index (Phi) is 5.13. The Labute approximate surface area is 149 Å². The van der Waals surface area contributed by atoms with Gasteiger partial charge >= 0.3 is 0 Å². The van der Waals surface area contributed by atoms with Crippen molar-refractivity contribution >= 4 is 23.1 Å². The highest BCUT2D eigenvalue weighted by molar-refractivity contribution is 6.30. The summed E-state index contributed by atoms with van der Waals surface area (Å²) in [5, 5.41) is 15.4. The number of hydrogen-bond acceptors (Lipinski definition) is 4. The maximum absolute atomic E-state index is 13.0. The smallest absolute Gasteiger partial charge is 0.299 e. The van der Waals surface area contributed by atoms with Gasteiger partial charge in [0, 0.05) is 5.02 Å². The molecule has 1 aromatic carbocycles. The van der Waals surface area contributed by atoms with Crippen molar-refractivity contribution < 1.29 is 8.78 Å². The van der Waals surface area contributed by atoms with Gasteiger partial charge in [-0.3, -0.25) is 0 Å². The summed E-state index contributed by atoms with van der Waals surface area (Å²) in [4.78, 5) is 0. The fourth-order valence-corrected chi connectivity index (χ4v) is 2.77. The molecule has 8 heteroatoms. The van der Waals surface area contributed by atoms with Gasteiger partial charge in [-0.2, -0.15) is 4.52 Å². The SMILES string of the molecule is CC(C)CC(Nc1ccc2nnc(C(F)F)n2n1)c1ccc(Cl)cc1. The van der Waals surface area contributed by atoms with E-state index >= 15 is 0 Å². The van der Waals surface area contributed by atoms with Crippen LogP contribution in [-0.2, 0) is 0 Å². The van der Waals surface area contributed by atoms with E-state index < -0.39 is 12.2 Å². The first-order valence-corrected chi connectivity index (χ1v) is 8.34. The van der Waals surface area contributed by atoms with Crippen molar-refractivity contribution in [1.29, 1.82) is 0 Å². The van der Waals surface area contributed by atoms with Crippen LogP contribution in [0.4, 0.5) is 14.6 Å². The summed E-state index contributed by atoms with van der Waals surface area (Å²) in [7, 11) is 0. The van der Waals surface area contributed by atoms with Gasteiger partial charge in [0.1, 0.15) is 5.82 Å². The maximum atomic E-state index is 13.0. The van der Waals surface area contributed by atoms with Crippen molar-refractivity contribution in [2.24, 2.45) is 5.92 Å². The van der Waals surface area contributed by atoms with Crippen LogP contribution < -0.4 is 5.32 Å². The highest BCUT2D eigenvalue weighted by Crippen LogP contribution is 2.27. The van der Waals surface area contributed by atoms with Crippen molar-refractivity contribution in [3.8, 4) is 0 Å². The van der Waals surface area contributed by atoms with E-state index in [4.69, 9.17) is 11.6 Å². The van der Waals surface area contributed by atoms with Crippen LogP contribution in [0.1, 0.15) is 44.1 Å². The molecular formula is C17H18ClF2N5. The highest BCUT2D eigenvalue weighted by atomic mass is 35.5. The Morgan fingerprint density at radius 3 is 2.44 bits per heavy atom. The Balaban J connectivity index is 1.91. The number of alkyl halides is 2. The van der Waals surface area contributed by atoms with Crippen LogP contribution in [0.5, 0.6) is 0 Å². The normalized spacial score (nSPS) is 12.9. The van der Waals surface area contributed by atoms with E-state index in [0.29, 0.717) is 16.8 Å². The molecule has 0 amide bonds. The zero-order valence-electron chi connectivity index (χ0n) is 13.8. The van der Waals surface area contributed by atoms with Crippen molar-refractivity contribution in [1.82, 2.24) is 19.8 Å². The standard InChI is InChI=1S/C17H18ClF2N5/c1-10(2)9-13(11-3-5-12(18)6-4-11)21-14-7-8-15-22-23-17(16(19)20)25(15)24-14/h3-8,10,13,16H,9H2,1-2H3,(H,21,24). The summed E-state index contributed by atoms with van der Waals surface area (Å²) in [6.07, 6.45) is -1.88. The molecule has 0 aliphatic rings. The number of aromatic nitrogens is 4. The second-order valence-electron chi connectivity index (χ2n) is 6.23. The molecule has 0 fully saturated rings. The van der Waals surface area contributed by atoms with Gasteiger partial charge in [-0.15, -0.1) is 15.3 Å². The minimum absolute atomic E-state index is 0.0197. The first-order valence-electron chi connectivity index (χ1n) is 7.96. The van der Waals surface area contributed by atoms with E-state index in [1.54, 1.807) is 12.1 Å². The third-order valence-electron chi connectivity index (χ3n) is 3.78. The minimum Gasteiger partial charge on any atom is -0.362 e. The average Bonchev–Trinajstić information content (AvgIpc) is 2.98. The van der Waals surface area contributed by atoms with Gasteiger partial charge in [0.15, 0.2) is 5.65 Å². The molecule has 0 spiro atoms. The molecule has 3 rings (SSSR count). The van der Waals surface area contributed by atoms with Gasteiger partial charge in [0.05, 0.1) is 6.04 Å². The summed E-state index contributed by atoms with van der Waals surface area (Å²) in [5.41, 5.74) is 1.34. The van der Waals surface area contributed by atoms with Crippen molar-refractivity contribution in [2.75, 3.05) is 5.32 Å². The van der Waals surface area contributed by atoms with Crippen LogP contribution in [-0.4, -0.2) is 19.8 Å². The number of hydrogen-bond donors (Lipinski definition) is 1. The lowest BCUT2D eigenvalue weighted by Gasteiger charge is -2.22. The summed E-state index contributed by atoms with van der Waals surface area (Å²) < 4.78 is 27.1. The molecule has 0 saturated carbocycles. The Bertz CT molecular complexity index is 848. The maximum Gasteiger partial charge on any atom is 0.299 e. The Morgan fingerprint density at radius 2 is 1.80 bits per heavy atom. The fraction of sp³-hybridized carbons (Fsp3) is 0.353. The van der Waals surface area contributed by atoms with E-state index in [1.807, 2.05) is 24.3 Å². The Hall–Kier alpha value is -2.28. The molecule has 1 N–H and O–H groups in total. The fourth-order valence-electron chi connectivity index (χ4n) is 2.64. The molecule has 0 aliphatic carbocycles. The van der Waals surface area contributed by atoms with Crippen LogP contribution in [0.2, 0.25) is 5.02 Å². The molecular weight excluding hydrogens is 348 g/mol. The molecule has 2 aromatic heterocycles. The number of nitrogens with one attached hydrogen (secondary N) is 1. The summed E-state index contributed by atoms with van der Waals surface area (Å²) in [5.74, 6) is 0.448. The predicted molar refractivity (Wildman–Crippen MR) is 93.0 cm³/mol. The Morgan fingerprint density at radius 1 is 1.08 bits per heavy atom. The third kappa shape index (κ3) is 4.04. The molecule has 1 unspecified atom stereocenters. The van der Waals surface area contributed by atoms with Crippen LogP contribution in [0.3, 0.4) is 0 Å². The third-order valence-corrected chi connectivity index (χ3v) is 4.04. The number of nitrogens with zero attached hydrogens (tertiary/aromatic N) is 4.